The van der Waals surface area contributed by atoms with Crippen LogP contribution in [0.15, 0.2) is 18.2 Å². The molecular weight excluding hydrogens is 242 g/mol. The van der Waals surface area contributed by atoms with Crippen LogP contribution in [0, 0.1) is 0 Å². The SMILES string of the molecule is CCCCCCCOC(=O)c1cccc(OC)c1N. The molecule has 4 heteroatoms. The second kappa shape index (κ2) is 8.40. The molecule has 0 saturated heterocycles. The van der Waals surface area contributed by atoms with Gasteiger partial charge in [-0.15, -0.1) is 0 Å². The van der Waals surface area contributed by atoms with Crippen molar-refractivity contribution in [3.8, 4) is 5.75 Å². The first-order chi connectivity index (χ1) is 9.20. The van der Waals surface area contributed by atoms with Crippen LogP contribution in [-0.2, 0) is 4.74 Å². The molecule has 0 unspecified atom stereocenters. The van der Waals surface area contributed by atoms with Gasteiger partial charge in [0.2, 0.25) is 0 Å². The van der Waals surface area contributed by atoms with Gasteiger partial charge in [-0.05, 0) is 18.6 Å². The fourth-order valence-corrected chi connectivity index (χ4v) is 1.85. The van der Waals surface area contributed by atoms with Crippen LogP contribution in [0.3, 0.4) is 0 Å². The zero-order chi connectivity index (χ0) is 14.1. The van der Waals surface area contributed by atoms with Crippen LogP contribution >= 0.6 is 0 Å². The Bertz CT molecular complexity index is 404. The van der Waals surface area contributed by atoms with Crippen LogP contribution in [0.25, 0.3) is 0 Å². The molecule has 106 valence electrons. The van der Waals surface area contributed by atoms with Crippen molar-refractivity contribution >= 4 is 11.7 Å². The van der Waals surface area contributed by atoms with Crippen molar-refractivity contribution in [2.45, 2.75) is 39.0 Å². The Kier molecular flexibility index (Phi) is 6.79. The summed E-state index contributed by atoms with van der Waals surface area (Å²) in [4.78, 5) is 11.9. The second-order valence-electron chi connectivity index (χ2n) is 4.47. The molecule has 0 heterocycles. The zero-order valence-electron chi connectivity index (χ0n) is 11.8. The standard InChI is InChI=1S/C15H23NO3/c1-3-4-5-6-7-11-19-15(17)12-9-8-10-13(18-2)14(12)16/h8-10H,3-7,11,16H2,1-2H3. The van der Waals surface area contributed by atoms with Crippen molar-refractivity contribution in [2.24, 2.45) is 0 Å². The van der Waals surface area contributed by atoms with E-state index in [1.54, 1.807) is 18.2 Å². The first-order valence-electron chi connectivity index (χ1n) is 6.80. The third-order valence-electron chi connectivity index (χ3n) is 2.99. The molecule has 0 aliphatic heterocycles. The van der Waals surface area contributed by atoms with Crippen molar-refractivity contribution in [3.63, 3.8) is 0 Å². The lowest BCUT2D eigenvalue weighted by molar-refractivity contribution is 0.0498. The highest BCUT2D eigenvalue weighted by Crippen LogP contribution is 2.25. The number of nitrogen functional groups attached to an aromatic ring is 1. The zero-order valence-corrected chi connectivity index (χ0v) is 11.8. The summed E-state index contributed by atoms with van der Waals surface area (Å²) in [5, 5.41) is 0. The number of hydrogen-bond acceptors (Lipinski definition) is 4. The highest BCUT2D eigenvalue weighted by atomic mass is 16.5. The number of benzene rings is 1. The molecular formula is C15H23NO3. The molecule has 0 amide bonds. The second-order valence-corrected chi connectivity index (χ2v) is 4.47. The number of carbonyl (C=O) groups excluding carboxylic acids is 1. The van der Waals surface area contributed by atoms with Gasteiger partial charge < -0.3 is 15.2 Å². The fourth-order valence-electron chi connectivity index (χ4n) is 1.85. The van der Waals surface area contributed by atoms with Gasteiger partial charge in [-0.1, -0.05) is 38.7 Å². The molecule has 0 atom stereocenters. The third kappa shape index (κ3) is 4.81. The Morgan fingerprint density at radius 3 is 2.63 bits per heavy atom. The van der Waals surface area contributed by atoms with E-state index >= 15 is 0 Å². The maximum Gasteiger partial charge on any atom is 0.340 e. The maximum atomic E-state index is 11.9. The van der Waals surface area contributed by atoms with Crippen LogP contribution in [0.4, 0.5) is 5.69 Å². The Balaban J connectivity index is 2.41. The summed E-state index contributed by atoms with van der Waals surface area (Å²) in [6, 6.07) is 5.10. The lowest BCUT2D eigenvalue weighted by Gasteiger charge is -2.09. The molecule has 0 aliphatic carbocycles. The quantitative estimate of drug-likeness (QED) is 0.444. The highest BCUT2D eigenvalue weighted by Gasteiger charge is 2.13. The summed E-state index contributed by atoms with van der Waals surface area (Å²) < 4.78 is 10.3. The molecule has 0 radical (unpaired) electrons. The van der Waals surface area contributed by atoms with Gasteiger partial charge in [-0.25, -0.2) is 4.79 Å². The lowest BCUT2D eigenvalue weighted by atomic mass is 10.1. The minimum absolute atomic E-state index is 0.334. The molecule has 1 rings (SSSR count). The number of carbonyl (C=O) groups is 1. The van der Waals surface area contributed by atoms with E-state index < -0.39 is 0 Å². The molecule has 19 heavy (non-hydrogen) atoms. The molecule has 0 fully saturated rings. The third-order valence-corrected chi connectivity index (χ3v) is 2.99. The first-order valence-corrected chi connectivity index (χ1v) is 6.80. The minimum Gasteiger partial charge on any atom is -0.495 e. The van der Waals surface area contributed by atoms with Crippen molar-refractivity contribution in [1.82, 2.24) is 0 Å². The number of unbranched alkanes of at least 4 members (excludes halogenated alkanes) is 4. The summed E-state index contributed by atoms with van der Waals surface area (Å²) in [7, 11) is 1.52. The Morgan fingerprint density at radius 2 is 1.95 bits per heavy atom. The number of anilines is 1. The average molecular weight is 265 g/mol. The summed E-state index contributed by atoms with van der Waals surface area (Å²) in [5.41, 5.74) is 6.54. The number of hydrogen-bond donors (Lipinski definition) is 1. The van der Waals surface area contributed by atoms with Gasteiger partial charge in [-0.2, -0.15) is 0 Å². The van der Waals surface area contributed by atoms with E-state index in [9.17, 15) is 4.79 Å². The maximum absolute atomic E-state index is 11.9. The smallest absolute Gasteiger partial charge is 0.340 e. The highest BCUT2D eigenvalue weighted by molar-refractivity contribution is 5.96. The predicted octanol–water partition coefficient (Wildman–Crippen LogP) is 3.40. The van der Waals surface area contributed by atoms with Crippen molar-refractivity contribution in [1.29, 1.82) is 0 Å². The Hall–Kier alpha value is -1.71. The van der Waals surface area contributed by atoms with Crippen molar-refractivity contribution < 1.29 is 14.3 Å². The fraction of sp³-hybridized carbons (Fsp3) is 0.533. The van der Waals surface area contributed by atoms with E-state index in [0.717, 1.165) is 12.8 Å². The van der Waals surface area contributed by atoms with Gasteiger partial charge in [0.15, 0.2) is 0 Å². The van der Waals surface area contributed by atoms with Crippen LogP contribution in [0.1, 0.15) is 49.4 Å². The van der Waals surface area contributed by atoms with Crippen LogP contribution in [-0.4, -0.2) is 19.7 Å². The predicted molar refractivity (Wildman–Crippen MR) is 76.4 cm³/mol. The largest absolute Gasteiger partial charge is 0.495 e. The number of methoxy groups -OCH3 is 1. The monoisotopic (exact) mass is 265 g/mol. The molecule has 0 aliphatic rings. The van der Waals surface area contributed by atoms with Crippen molar-refractivity contribution in [3.05, 3.63) is 23.8 Å². The van der Waals surface area contributed by atoms with Gasteiger partial charge in [-0.3, -0.25) is 0 Å². The van der Waals surface area contributed by atoms with Gasteiger partial charge in [0.05, 0.1) is 25.0 Å². The topological polar surface area (TPSA) is 61.5 Å². The summed E-state index contributed by atoms with van der Waals surface area (Å²) >= 11 is 0. The Labute approximate surface area is 114 Å². The van der Waals surface area contributed by atoms with Crippen molar-refractivity contribution in [2.75, 3.05) is 19.5 Å². The molecule has 4 nitrogen and oxygen atoms in total. The van der Waals surface area contributed by atoms with Crippen LogP contribution < -0.4 is 10.5 Å². The van der Waals surface area contributed by atoms with Crippen LogP contribution in [0.2, 0.25) is 0 Å². The summed E-state index contributed by atoms with van der Waals surface area (Å²) in [6.07, 6.45) is 5.62. The molecule has 0 aromatic heterocycles. The van der Waals surface area contributed by atoms with Gasteiger partial charge >= 0.3 is 5.97 Å². The van der Waals surface area contributed by atoms with E-state index in [1.807, 2.05) is 0 Å². The van der Waals surface area contributed by atoms with E-state index in [1.165, 1.54) is 26.4 Å². The molecule has 0 bridgehead atoms. The molecule has 0 spiro atoms. The molecule has 1 aromatic rings. The van der Waals surface area contributed by atoms with Gasteiger partial charge in [0.1, 0.15) is 5.75 Å². The number of rotatable bonds is 8. The summed E-state index contributed by atoms with van der Waals surface area (Å²) in [5.74, 6) is 0.115. The van der Waals surface area contributed by atoms with Gasteiger partial charge in [0, 0.05) is 0 Å². The molecule has 1 aromatic carbocycles. The molecule has 0 saturated carbocycles. The first kappa shape index (κ1) is 15.3. The van der Waals surface area contributed by atoms with Gasteiger partial charge in [0.25, 0.3) is 0 Å². The van der Waals surface area contributed by atoms with E-state index in [0.29, 0.717) is 23.6 Å². The Morgan fingerprint density at radius 1 is 1.21 bits per heavy atom. The number of nitrogens with two attached hydrogens (primary N) is 1. The van der Waals surface area contributed by atoms with E-state index in [-0.39, 0.29) is 5.97 Å². The summed E-state index contributed by atoms with van der Waals surface area (Å²) in [6.45, 7) is 2.62. The lowest BCUT2D eigenvalue weighted by Crippen LogP contribution is -2.10. The molecule has 2 N–H and O–H groups in total. The van der Waals surface area contributed by atoms with E-state index in [4.69, 9.17) is 15.2 Å². The number of para-hydroxylation sites is 1. The average Bonchev–Trinajstić information content (AvgIpc) is 2.42. The van der Waals surface area contributed by atoms with Crippen LogP contribution in [0.5, 0.6) is 5.75 Å². The van der Waals surface area contributed by atoms with E-state index in [2.05, 4.69) is 6.92 Å². The minimum atomic E-state index is -0.383. The number of esters is 1. The number of ether oxygens (including phenoxy) is 2. The normalized spacial score (nSPS) is 10.2.